The zero-order valence-electron chi connectivity index (χ0n) is 21.7. The number of imidazole rings is 1. The maximum Gasteiger partial charge on any atom is 0.412 e. The summed E-state index contributed by atoms with van der Waals surface area (Å²) in [6.07, 6.45) is 3.86. The molecule has 0 saturated carbocycles. The first-order valence-electron chi connectivity index (χ1n) is 11.3. The van der Waals surface area contributed by atoms with Crippen LogP contribution in [0.25, 0.3) is 0 Å². The molecule has 0 spiro atoms. The Balaban J connectivity index is 1.68. The Labute approximate surface area is 213 Å². The van der Waals surface area contributed by atoms with E-state index in [2.05, 4.69) is 15.6 Å². The molecule has 3 heterocycles. The van der Waals surface area contributed by atoms with Crippen LogP contribution in [0.5, 0.6) is 5.88 Å². The average molecular weight is 515 g/mol. The molecule has 198 valence electrons. The Morgan fingerprint density at radius 2 is 1.46 bits per heavy atom. The van der Waals surface area contributed by atoms with E-state index in [1.54, 1.807) is 65.8 Å². The van der Waals surface area contributed by atoms with E-state index in [4.69, 9.17) is 14.2 Å². The van der Waals surface area contributed by atoms with Gasteiger partial charge in [0, 0.05) is 33.5 Å². The largest absolute Gasteiger partial charge is 0.460 e. The second-order valence-corrected chi connectivity index (χ2v) is 9.15. The monoisotopic (exact) mass is 514 g/mol. The van der Waals surface area contributed by atoms with Crippen LogP contribution in [-0.2, 0) is 30.6 Å². The number of ether oxygens (including phenoxy) is 3. The van der Waals surface area contributed by atoms with E-state index in [-0.39, 0.29) is 29.7 Å². The van der Waals surface area contributed by atoms with Crippen LogP contribution in [0.4, 0.5) is 16.2 Å². The maximum atomic E-state index is 12.8. The summed E-state index contributed by atoms with van der Waals surface area (Å²) in [4.78, 5) is 53.5. The molecule has 0 saturated heterocycles. The number of aryl methyl sites for hydroxylation is 3. The predicted octanol–water partition coefficient (Wildman–Crippen LogP) is 3.09. The standard InChI is InChI=1S/C24H30N6O7/c1-8-35-22(33)19-27-18(13-30(19)7)36-21(32)17-10-14(11-29(17)6)25-20(31)16-9-15(12-28(16)5)26-23(34)37-24(2,3)4/h9-13H,8H2,1-7H3,(H,25,31)(H,26,34). The van der Waals surface area contributed by atoms with Gasteiger partial charge in [-0.3, -0.25) is 10.1 Å². The highest BCUT2D eigenvalue weighted by Gasteiger charge is 2.22. The van der Waals surface area contributed by atoms with Crippen molar-refractivity contribution in [3.05, 3.63) is 47.9 Å². The molecule has 13 heteroatoms. The minimum Gasteiger partial charge on any atom is -0.460 e. The molecule has 3 aromatic heterocycles. The van der Waals surface area contributed by atoms with Crippen molar-refractivity contribution in [1.82, 2.24) is 18.7 Å². The maximum absolute atomic E-state index is 12.8. The van der Waals surface area contributed by atoms with Gasteiger partial charge in [0.2, 0.25) is 11.7 Å². The van der Waals surface area contributed by atoms with Crippen LogP contribution >= 0.6 is 0 Å². The first-order valence-corrected chi connectivity index (χ1v) is 11.3. The van der Waals surface area contributed by atoms with Crippen LogP contribution < -0.4 is 15.4 Å². The van der Waals surface area contributed by atoms with Crippen LogP contribution in [0, 0.1) is 0 Å². The molecule has 0 bridgehead atoms. The molecule has 3 rings (SSSR count). The molecule has 3 aromatic rings. The first-order chi connectivity index (χ1) is 17.3. The van der Waals surface area contributed by atoms with Crippen LogP contribution in [0.2, 0.25) is 0 Å². The molecule has 0 aliphatic carbocycles. The number of carbonyl (C=O) groups is 4. The van der Waals surface area contributed by atoms with Gasteiger partial charge in [-0.15, -0.1) is 0 Å². The Kier molecular flexibility index (Phi) is 7.75. The van der Waals surface area contributed by atoms with E-state index in [9.17, 15) is 19.2 Å². The summed E-state index contributed by atoms with van der Waals surface area (Å²) < 4.78 is 19.9. The minimum absolute atomic E-state index is 0.00687. The molecule has 0 aliphatic heterocycles. The molecule has 0 aromatic carbocycles. The van der Waals surface area contributed by atoms with Gasteiger partial charge in [-0.2, -0.15) is 4.98 Å². The SMILES string of the molecule is CCOC(=O)c1nc(OC(=O)c2cc(NC(=O)c3cc(NC(=O)OC(C)(C)C)cn3C)cn2C)cn1C. The van der Waals surface area contributed by atoms with E-state index in [1.165, 1.54) is 27.5 Å². The van der Waals surface area contributed by atoms with Crippen molar-refractivity contribution in [1.29, 1.82) is 0 Å². The number of nitrogens with zero attached hydrogens (tertiary/aromatic N) is 4. The Bertz CT molecular complexity index is 1340. The third-order valence-electron chi connectivity index (χ3n) is 4.86. The van der Waals surface area contributed by atoms with Crippen LogP contribution in [0.3, 0.4) is 0 Å². The normalized spacial score (nSPS) is 11.1. The first kappa shape index (κ1) is 27.0. The van der Waals surface area contributed by atoms with Crippen molar-refractivity contribution >= 4 is 35.3 Å². The van der Waals surface area contributed by atoms with E-state index in [1.807, 2.05) is 0 Å². The van der Waals surface area contributed by atoms with Gasteiger partial charge in [-0.25, -0.2) is 14.4 Å². The van der Waals surface area contributed by atoms with E-state index < -0.39 is 29.5 Å². The van der Waals surface area contributed by atoms with Gasteiger partial charge in [-0.1, -0.05) is 0 Å². The molecular weight excluding hydrogens is 484 g/mol. The lowest BCUT2D eigenvalue weighted by atomic mass is 10.2. The molecule has 0 unspecified atom stereocenters. The number of aromatic nitrogens is 4. The van der Waals surface area contributed by atoms with Crippen molar-refractivity contribution in [3.8, 4) is 5.88 Å². The summed E-state index contributed by atoms with van der Waals surface area (Å²) in [6.45, 7) is 7.10. The summed E-state index contributed by atoms with van der Waals surface area (Å²) in [5, 5.41) is 5.30. The molecule has 2 amide bonds. The predicted molar refractivity (Wildman–Crippen MR) is 133 cm³/mol. The highest BCUT2D eigenvalue weighted by atomic mass is 16.6. The summed E-state index contributed by atoms with van der Waals surface area (Å²) in [6, 6.07) is 2.94. The number of nitrogens with one attached hydrogen (secondary N) is 2. The fraction of sp³-hybridized carbons (Fsp3) is 0.375. The second-order valence-electron chi connectivity index (χ2n) is 9.15. The third-order valence-corrected chi connectivity index (χ3v) is 4.86. The number of rotatable bonds is 7. The highest BCUT2D eigenvalue weighted by molar-refractivity contribution is 6.05. The number of hydrogen-bond acceptors (Lipinski definition) is 8. The van der Waals surface area contributed by atoms with Gasteiger partial charge >= 0.3 is 18.0 Å². The molecule has 0 aliphatic rings. The van der Waals surface area contributed by atoms with Gasteiger partial charge in [0.1, 0.15) is 17.0 Å². The second kappa shape index (κ2) is 10.6. The minimum atomic E-state index is -0.737. The van der Waals surface area contributed by atoms with Crippen molar-refractivity contribution in [3.63, 3.8) is 0 Å². The van der Waals surface area contributed by atoms with Gasteiger partial charge in [0.05, 0.1) is 24.2 Å². The molecule has 37 heavy (non-hydrogen) atoms. The Morgan fingerprint density at radius 1 is 0.865 bits per heavy atom. The molecule has 0 fully saturated rings. The van der Waals surface area contributed by atoms with Crippen LogP contribution in [0.15, 0.2) is 30.7 Å². The number of carbonyl (C=O) groups excluding carboxylic acids is 4. The molecule has 2 N–H and O–H groups in total. The molecule has 13 nitrogen and oxygen atoms in total. The lowest BCUT2D eigenvalue weighted by molar-refractivity contribution is 0.0504. The van der Waals surface area contributed by atoms with Crippen molar-refractivity contribution in [2.45, 2.75) is 33.3 Å². The van der Waals surface area contributed by atoms with E-state index in [0.29, 0.717) is 11.4 Å². The van der Waals surface area contributed by atoms with E-state index >= 15 is 0 Å². The molecule has 0 radical (unpaired) electrons. The van der Waals surface area contributed by atoms with Gasteiger partial charge in [-0.05, 0) is 39.8 Å². The zero-order chi connectivity index (χ0) is 27.5. The van der Waals surface area contributed by atoms with Crippen molar-refractivity contribution < 1.29 is 33.4 Å². The van der Waals surface area contributed by atoms with Gasteiger partial charge in [0.15, 0.2) is 0 Å². The smallest absolute Gasteiger partial charge is 0.412 e. The zero-order valence-corrected chi connectivity index (χ0v) is 21.7. The molecule has 0 atom stereocenters. The Hall–Kier alpha value is -4.55. The number of anilines is 2. The average Bonchev–Trinajstić information content (AvgIpc) is 3.43. The van der Waals surface area contributed by atoms with Crippen LogP contribution in [-0.4, -0.2) is 54.8 Å². The summed E-state index contributed by atoms with van der Waals surface area (Å²) in [7, 11) is 4.84. The lowest BCUT2D eigenvalue weighted by Crippen LogP contribution is -2.27. The van der Waals surface area contributed by atoms with Gasteiger partial charge in [0.25, 0.3) is 5.91 Å². The fourth-order valence-corrected chi connectivity index (χ4v) is 3.33. The summed E-state index contributed by atoms with van der Waals surface area (Å²) in [5.41, 5.74) is 0.467. The van der Waals surface area contributed by atoms with E-state index in [0.717, 1.165) is 0 Å². The number of esters is 2. The van der Waals surface area contributed by atoms with Crippen molar-refractivity contribution in [2.75, 3.05) is 17.2 Å². The number of hydrogen-bond donors (Lipinski definition) is 2. The third kappa shape index (κ3) is 6.78. The fourth-order valence-electron chi connectivity index (χ4n) is 3.33. The van der Waals surface area contributed by atoms with Crippen molar-refractivity contribution in [2.24, 2.45) is 21.1 Å². The topological polar surface area (TPSA) is 148 Å². The number of amides is 2. The quantitative estimate of drug-likeness (QED) is 0.457. The lowest BCUT2D eigenvalue weighted by Gasteiger charge is -2.19. The van der Waals surface area contributed by atoms with Gasteiger partial charge < -0.3 is 33.2 Å². The highest BCUT2D eigenvalue weighted by Crippen LogP contribution is 2.20. The molecular formula is C24H30N6O7. The summed E-state index contributed by atoms with van der Waals surface area (Å²) >= 11 is 0. The van der Waals surface area contributed by atoms with Crippen LogP contribution in [0.1, 0.15) is 59.3 Å². The Morgan fingerprint density at radius 3 is 2.08 bits per heavy atom. The summed E-state index contributed by atoms with van der Waals surface area (Å²) in [5.74, 6) is -1.92.